The van der Waals surface area contributed by atoms with Crippen molar-refractivity contribution in [3.8, 4) is 5.75 Å². The van der Waals surface area contributed by atoms with Gasteiger partial charge in [0.1, 0.15) is 11.5 Å². The Kier molecular flexibility index (Phi) is 4.64. The summed E-state index contributed by atoms with van der Waals surface area (Å²) in [5.74, 6) is 1.42. The predicted molar refractivity (Wildman–Crippen MR) is 99.5 cm³/mol. The number of hydrogen-bond donors (Lipinski definition) is 0. The molecule has 1 aliphatic carbocycles. The minimum absolute atomic E-state index is 0.165. The second-order valence-electron chi connectivity index (χ2n) is 8.43. The molecule has 0 radical (unpaired) electrons. The lowest BCUT2D eigenvalue weighted by Crippen LogP contribution is -2.50. The highest BCUT2D eigenvalue weighted by Gasteiger charge is 2.51. The van der Waals surface area contributed by atoms with Crippen molar-refractivity contribution in [3.63, 3.8) is 0 Å². The van der Waals surface area contributed by atoms with E-state index in [1.165, 1.54) is 0 Å². The van der Waals surface area contributed by atoms with E-state index in [2.05, 4.69) is 52.6 Å². The summed E-state index contributed by atoms with van der Waals surface area (Å²) in [5, 5.41) is 0.176. The van der Waals surface area contributed by atoms with Crippen molar-refractivity contribution >= 4 is 14.1 Å². The zero-order chi connectivity index (χ0) is 17.5. The van der Waals surface area contributed by atoms with Gasteiger partial charge in [0.2, 0.25) is 8.32 Å². The van der Waals surface area contributed by atoms with Crippen LogP contribution in [-0.4, -0.2) is 14.1 Å². The fourth-order valence-corrected chi connectivity index (χ4v) is 4.19. The molecule has 126 valence electrons. The summed E-state index contributed by atoms with van der Waals surface area (Å²) in [6.45, 7) is 17.1. The Bertz CT molecular complexity index is 595. The van der Waals surface area contributed by atoms with Crippen LogP contribution in [0.25, 0.3) is 0 Å². The molecule has 0 unspecified atom stereocenters. The molecule has 0 amide bonds. The Morgan fingerprint density at radius 1 is 1.30 bits per heavy atom. The molecule has 1 aromatic carbocycles. The molecular formula is C20H30O2Si. The van der Waals surface area contributed by atoms with Gasteiger partial charge >= 0.3 is 0 Å². The lowest BCUT2D eigenvalue weighted by molar-refractivity contribution is -0.137. The number of ketones is 1. The molecule has 23 heavy (non-hydrogen) atoms. The molecule has 0 heterocycles. The Labute approximate surface area is 142 Å². The Hall–Kier alpha value is -1.35. The van der Waals surface area contributed by atoms with Gasteiger partial charge in [-0.1, -0.05) is 45.9 Å². The average molecular weight is 331 g/mol. The molecule has 1 saturated carbocycles. The fourth-order valence-electron chi connectivity index (χ4n) is 3.15. The molecule has 2 atom stereocenters. The summed E-state index contributed by atoms with van der Waals surface area (Å²) in [6, 6.07) is 8.18. The minimum atomic E-state index is -1.83. The molecule has 1 fully saturated rings. The summed E-state index contributed by atoms with van der Waals surface area (Å²) in [4.78, 5) is 12.4. The monoisotopic (exact) mass is 330 g/mol. The highest BCUT2D eigenvalue weighted by molar-refractivity contribution is 6.74. The van der Waals surface area contributed by atoms with Crippen LogP contribution in [0.2, 0.25) is 18.1 Å². The van der Waals surface area contributed by atoms with E-state index in [1.54, 1.807) is 0 Å². The quantitative estimate of drug-likeness (QED) is 0.527. The first kappa shape index (κ1) is 18.0. The summed E-state index contributed by atoms with van der Waals surface area (Å²) in [7, 11) is -1.83. The first-order valence-electron chi connectivity index (χ1n) is 8.48. The van der Waals surface area contributed by atoms with E-state index in [0.717, 1.165) is 24.2 Å². The predicted octanol–water partition coefficient (Wildman–Crippen LogP) is 5.49. The van der Waals surface area contributed by atoms with Gasteiger partial charge in [0.15, 0.2) is 0 Å². The van der Waals surface area contributed by atoms with Gasteiger partial charge in [-0.3, -0.25) is 4.79 Å². The van der Waals surface area contributed by atoms with E-state index >= 15 is 0 Å². The largest absolute Gasteiger partial charge is 0.544 e. The third-order valence-corrected chi connectivity index (χ3v) is 10.0. The summed E-state index contributed by atoms with van der Waals surface area (Å²) >= 11 is 0. The van der Waals surface area contributed by atoms with Crippen LogP contribution in [0.5, 0.6) is 5.75 Å². The van der Waals surface area contributed by atoms with E-state index in [1.807, 2.05) is 25.1 Å². The van der Waals surface area contributed by atoms with Crippen LogP contribution in [0.15, 0.2) is 36.9 Å². The minimum Gasteiger partial charge on any atom is -0.544 e. The number of hydrogen-bond acceptors (Lipinski definition) is 2. The van der Waals surface area contributed by atoms with Crippen LogP contribution in [0.1, 0.15) is 46.1 Å². The first-order valence-corrected chi connectivity index (χ1v) is 11.4. The zero-order valence-electron chi connectivity index (χ0n) is 15.4. The summed E-state index contributed by atoms with van der Waals surface area (Å²) in [6.07, 6.45) is 3.50. The van der Waals surface area contributed by atoms with Gasteiger partial charge in [-0.05, 0) is 48.7 Å². The van der Waals surface area contributed by atoms with E-state index in [9.17, 15) is 4.79 Å². The molecule has 1 aromatic rings. The van der Waals surface area contributed by atoms with E-state index < -0.39 is 8.32 Å². The number of Topliss-reactive ketones (excluding diaryl/α,β-unsaturated/α-hetero) is 1. The van der Waals surface area contributed by atoms with E-state index in [0.29, 0.717) is 5.78 Å². The van der Waals surface area contributed by atoms with Crippen molar-refractivity contribution in [3.05, 3.63) is 42.5 Å². The molecule has 2 nitrogen and oxygen atoms in total. The van der Waals surface area contributed by atoms with Crippen LogP contribution in [-0.2, 0) is 10.2 Å². The van der Waals surface area contributed by atoms with Crippen LogP contribution < -0.4 is 4.43 Å². The van der Waals surface area contributed by atoms with E-state index in [-0.39, 0.29) is 16.4 Å². The SMILES string of the molecule is C=CC[C@]1(c2ccc(O[Si](C)(C)C(C)(C)C)cc2)C[C@@H](C)C1=O. The summed E-state index contributed by atoms with van der Waals surface area (Å²) in [5.41, 5.74) is 0.750. The molecule has 3 heteroatoms. The molecule has 0 aliphatic heterocycles. The Balaban J connectivity index is 2.23. The third-order valence-electron chi connectivity index (χ3n) is 5.65. The first-order chi connectivity index (χ1) is 10.5. The topological polar surface area (TPSA) is 26.3 Å². The molecule has 0 spiro atoms. The van der Waals surface area contributed by atoms with Gasteiger partial charge in [-0.15, -0.1) is 6.58 Å². The van der Waals surface area contributed by atoms with Crippen LogP contribution in [0, 0.1) is 5.92 Å². The number of allylic oxidation sites excluding steroid dienone is 1. The second kappa shape index (κ2) is 5.93. The van der Waals surface area contributed by atoms with Gasteiger partial charge in [-0.25, -0.2) is 0 Å². The van der Waals surface area contributed by atoms with Crippen molar-refractivity contribution in [2.24, 2.45) is 5.92 Å². The molecule has 0 N–H and O–H groups in total. The van der Waals surface area contributed by atoms with Gasteiger partial charge < -0.3 is 4.43 Å². The fraction of sp³-hybridized carbons (Fsp3) is 0.550. The number of carbonyl (C=O) groups is 1. The van der Waals surface area contributed by atoms with Gasteiger partial charge in [-0.2, -0.15) is 0 Å². The van der Waals surface area contributed by atoms with Crippen LogP contribution in [0.4, 0.5) is 0 Å². The second-order valence-corrected chi connectivity index (χ2v) is 13.2. The normalized spacial score (nSPS) is 25.0. The molecule has 2 rings (SSSR count). The van der Waals surface area contributed by atoms with Gasteiger partial charge in [0.25, 0.3) is 0 Å². The highest BCUT2D eigenvalue weighted by Crippen LogP contribution is 2.47. The van der Waals surface area contributed by atoms with Crippen molar-refractivity contribution in [2.45, 2.75) is 64.1 Å². The molecule has 0 saturated heterocycles. The maximum atomic E-state index is 12.4. The standard InChI is InChI=1S/C20H30O2Si/c1-8-13-20(14-15(2)18(20)21)16-9-11-17(12-10-16)22-23(6,7)19(3,4)5/h8-12,15H,1,13-14H2,2-7H3/t15-,20-/m1/s1. The van der Waals surface area contributed by atoms with Crippen molar-refractivity contribution < 1.29 is 9.22 Å². The van der Waals surface area contributed by atoms with Crippen molar-refractivity contribution in [1.29, 1.82) is 0 Å². The van der Waals surface area contributed by atoms with Crippen molar-refractivity contribution in [2.75, 3.05) is 0 Å². The Morgan fingerprint density at radius 3 is 2.26 bits per heavy atom. The number of carbonyl (C=O) groups excluding carboxylic acids is 1. The molecule has 0 bridgehead atoms. The third kappa shape index (κ3) is 3.16. The zero-order valence-corrected chi connectivity index (χ0v) is 16.4. The molecule has 0 aromatic heterocycles. The van der Waals surface area contributed by atoms with Gasteiger partial charge in [0, 0.05) is 5.92 Å². The summed E-state index contributed by atoms with van der Waals surface area (Å²) < 4.78 is 6.33. The van der Waals surface area contributed by atoms with E-state index in [4.69, 9.17) is 4.43 Å². The molecule has 1 aliphatic rings. The van der Waals surface area contributed by atoms with Gasteiger partial charge in [0.05, 0.1) is 5.41 Å². The molecular weight excluding hydrogens is 300 g/mol. The Morgan fingerprint density at radius 2 is 1.87 bits per heavy atom. The maximum absolute atomic E-state index is 12.4. The number of rotatable bonds is 5. The van der Waals surface area contributed by atoms with Crippen LogP contribution >= 0.6 is 0 Å². The highest BCUT2D eigenvalue weighted by atomic mass is 28.4. The smallest absolute Gasteiger partial charge is 0.250 e. The van der Waals surface area contributed by atoms with Crippen molar-refractivity contribution in [1.82, 2.24) is 0 Å². The lowest BCUT2D eigenvalue weighted by atomic mass is 9.56. The number of benzene rings is 1. The lowest BCUT2D eigenvalue weighted by Gasteiger charge is -2.44. The average Bonchev–Trinajstić information content (AvgIpc) is 2.45. The maximum Gasteiger partial charge on any atom is 0.250 e. The van der Waals surface area contributed by atoms with Crippen LogP contribution in [0.3, 0.4) is 0 Å².